The number of ether oxygens (including phenoxy) is 3. The highest BCUT2D eigenvalue weighted by atomic mass is 35.5. The molecule has 0 spiro atoms. The fourth-order valence-corrected chi connectivity index (χ4v) is 4.42. The molecule has 1 aliphatic heterocycles. The van der Waals surface area contributed by atoms with Crippen LogP contribution in [0.2, 0.25) is 5.02 Å². The summed E-state index contributed by atoms with van der Waals surface area (Å²) in [4.78, 5) is 27.4. The van der Waals surface area contributed by atoms with E-state index in [4.69, 9.17) is 25.8 Å². The molecule has 1 aliphatic carbocycles. The van der Waals surface area contributed by atoms with Gasteiger partial charge in [-0.15, -0.1) is 0 Å². The lowest BCUT2D eigenvalue weighted by Gasteiger charge is -2.32. The lowest BCUT2D eigenvalue weighted by molar-refractivity contribution is -0.145. The molecule has 9 heteroatoms. The highest BCUT2D eigenvalue weighted by molar-refractivity contribution is 6.31. The van der Waals surface area contributed by atoms with Gasteiger partial charge in [0.1, 0.15) is 6.04 Å². The summed E-state index contributed by atoms with van der Waals surface area (Å²) in [5.41, 5.74) is 0.794. The Balaban J connectivity index is 1.53. The molecule has 0 radical (unpaired) electrons. The maximum absolute atomic E-state index is 13.1. The molecule has 2 atom stereocenters. The summed E-state index contributed by atoms with van der Waals surface area (Å²) in [6.07, 6.45) is 4.40. The number of hydrogen-bond donors (Lipinski definition) is 1. The van der Waals surface area contributed by atoms with E-state index in [0.29, 0.717) is 43.7 Å². The first kappa shape index (κ1) is 25.3. The smallest absolute Gasteiger partial charge is 0.409 e. The van der Waals surface area contributed by atoms with E-state index in [-0.39, 0.29) is 19.1 Å². The molecule has 0 unspecified atom stereocenters. The van der Waals surface area contributed by atoms with E-state index in [1.54, 1.807) is 11.0 Å². The van der Waals surface area contributed by atoms with Gasteiger partial charge in [0, 0.05) is 18.1 Å². The third-order valence-corrected chi connectivity index (χ3v) is 6.44. The molecule has 1 saturated heterocycles. The Morgan fingerprint density at radius 3 is 2.64 bits per heavy atom. The molecule has 180 valence electrons. The van der Waals surface area contributed by atoms with E-state index in [2.05, 4.69) is 5.32 Å². The number of carbonyl (C=O) groups is 2. The van der Waals surface area contributed by atoms with E-state index in [1.807, 2.05) is 24.3 Å². The van der Waals surface area contributed by atoms with Gasteiger partial charge in [0.15, 0.2) is 6.10 Å². The topological polar surface area (TPSA) is 101 Å². The number of alkyl carbamates (subject to hydrolysis) is 1. The van der Waals surface area contributed by atoms with Crippen LogP contribution in [0.3, 0.4) is 0 Å². The van der Waals surface area contributed by atoms with Gasteiger partial charge in [-0.1, -0.05) is 61.9 Å². The molecule has 1 N–H and O–H groups in total. The zero-order valence-electron chi connectivity index (χ0n) is 18.8. The van der Waals surface area contributed by atoms with Gasteiger partial charge in [0.05, 0.1) is 32.5 Å². The van der Waals surface area contributed by atoms with Crippen molar-refractivity contribution in [2.24, 2.45) is 5.92 Å². The zero-order chi connectivity index (χ0) is 23.5. The third-order valence-electron chi connectivity index (χ3n) is 6.07. The van der Waals surface area contributed by atoms with E-state index in [0.717, 1.165) is 31.2 Å². The molecule has 1 heterocycles. The summed E-state index contributed by atoms with van der Waals surface area (Å²) < 4.78 is 16.5. The standard InChI is InChI=1S/C24H32ClN3O5/c25-21-9-5-4-8-19(21)16-32-17-20(15-26)27-24(30)33-22(14-18-6-2-1-3-7-18)23(29)28-10-12-31-13-11-28/h4-5,8-9,18,20,22H,1-3,6-7,10-14,16-17H2,(H,27,30)/t20-,22+/m1/s1. The molecule has 2 fully saturated rings. The van der Waals surface area contributed by atoms with E-state index in [1.165, 1.54) is 6.42 Å². The second kappa shape index (κ2) is 13.4. The van der Waals surface area contributed by atoms with Crippen molar-refractivity contribution in [3.63, 3.8) is 0 Å². The van der Waals surface area contributed by atoms with Gasteiger partial charge >= 0.3 is 6.09 Å². The van der Waals surface area contributed by atoms with Gasteiger partial charge in [-0.2, -0.15) is 5.26 Å². The number of amides is 2. The quantitative estimate of drug-likeness (QED) is 0.582. The number of morpholine rings is 1. The first-order valence-electron chi connectivity index (χ1n) is 11.6. The maximum Gasteiger partial charge on any atom is 0.409 e. The second-order valence-corrected chi connectivity index (χ2v) is 8.91. The number of nitrogens with zero attached hydrogens (tertiary/aromatic N) is 2. The fourth-order valence-electron chi connectivity index (χ4n) is 4.23. The number of hydrogen-bond acceptors (Lipinski definition) is 6. The fraction of sp³-hybridized carbons (Fsp3) is 0.625. The number of carbonyl (C=O) groups excluding carboxylic acids is 2. The van der Waals surface area contributed by atoms with Crippen molar-refractivity contribution in [2.75, 3.05) is 32.9 Å². The van der Waals surface area contributed by atoms with Gasteiger partial charge < -0.3 is 24.4 Å². The van der Waals surface area contributed by atoms with Crippen LogP contribution in [-0.4, -0.2) is 62.0 Å². The highest BCUT2D eigenvalue weighted by Gasteiger charge is 2.32. The van der Waals surface area contributed by atoms with Crippen molar-refractivity contribution in [2.45, 2.75) is 57.3 Å². The average Bonchev–Trinajstić information content (AvgIpc) is 2.85. The molecule has 8 nitrogen and oxygen atoms in total. The van der Waals surface area contributed by atoms with E-state index < -0.39 is 18.2 Å². The summed E-state index contributed by atoms with van der Waals surface area (Å²) in [6, 6.07) is 8.35. The van der Waals surface area contributed by atoms with Crippen molar-refractivity contribution in [3.8, 4) is 6.07 Å². The van der Waals surface area contributed by atoms with Crippen LogP contribution < -0.4 is 5.32 Å². The molecular formula is C24H32ClN3O5. The predicted octanol–water partition coefficient (Wildman–Crippen LogP) is 3.67. The predicted molar refractivity (Wildman–Crippen MR) is 123 cm³/mol. The normalized spacial score (nSPS) is 18.7. The Kier molecular flexibility index (Phi) is 10.3. The van der Waals surface area contributed by atoms with Crippen LogP contribution in [0.25, 0.3) is 0 Å². The molecular weight excluding hydrogens is 446 g/mol. The monoisotopic (exact) mass is 477 g/mol. The van der Waals surface area contributed by atoms with Crippen LogP contribution in [0.4, 0.5) is 4.79 Å². The lowest BCUT2D eigenvalue weighted by atomic mass is 9.85. The van der Waals surface area contributed by atoms with Gasteiger partial charge in [-0.05, 0) is 24.0 Å². The minimum atomic E-state index is -0.909. The van der Waals surface area contributed by atoms with Crippen LogP contribution in [-0.2, 0) is 25.6 Å². The summed E-state index contributed by atoms with van der Waals surface area (Å²) in [7, 11) is 0. The Hall–Kier alpha value is -2.34. The third kappa shape index (κ3) is 8.18. The van der Waals surface area contributed by atoms with E-state index >= 15 is 0 Å². The minimum absolute atomic E-state index is 0.0263. The number of rotatable bonds is 9. The van der Waals surface area contributed by atoms with Crippen molar-refractivity contribution in [3.05, 3.63) is 34.9 Å². The molecule has 1 saturated carbocycles. The van der Waals surface area contributed by atoms with Crippen LogP contribution in [0.15, 0.2) is 24.3 Å². The van der Waals surface area contributed by atoms with Crippen molar-refractivity contribution >= 4 is 23.6 Å². The number of benzene rings is 1. The number of halogens is 1. The summed E-state index contributed by atoms with van der Waals surface area (Å²) >= 11 is 6.11. The lowest BCUT2D eigenvalue weighted by Crippen LogP contribution is -2.49. The summed E-state index contributed by atoms with van der Waals surface area (Å²) in [6.45, 7) is 2.13. The molecule has 1 aromatic carbocycles. The largest absolute Gasteiger partial charge is 0.436 e. The molecule has 2 amide bonds. The zero-order valence-corrected chi connectivity index (χ0v) is 19.6. The van der Waals surface area contributed by atoms with Gasteiger partial charge in [-0.3, -0.25) is 4.79 Å². The van der Waals surface area contributed by atoms with Crippen LogP contribution >= 0.6 is 11.6 Å². The molecule has 2 aliphatic rings. The SMILES string of the molecule is N#C[C@H](COCc1ccccc1Cl)NC(=O)O[C@@H](CC1CCCCC1)C(=O)N1CCOCC1. The second-order valence-electron chi connectivity index (χ2n) is 8.50. The maximum atomic E-state index is 13.1. The van der Waals surface area contributed by atoms with Crippen LogP contribution in [0, 0.1) is 17.2 Å². The Morgan fingerprint density at radius 1 is 1.21 bits per heavy atom. The first-order chi connectivity index (χ1) is 16.1. The Morgan fingerprint density at radius 2 is 1.94 bits per heavy atom. The van der Waals surface area contributed by atoms with Gasteiger partial charge in [0.2, 0.25) is 0 Å². The average molecular weight is 478 g/mol. The van der Waals surface area contributed by atoms with Crippen molar-refractivity contribution in [1.29, 1.82) is 5.26 Å². The molecule has 3 rings (SSSR count). The first-order valence-corrected chi connectivity index (χ1v) is 12.0. The summed E-state index contributed by atoms with van der Waals surface area (Å²) in [5, 5.41) is 12.5. The van der Waals surface area contributed by atoms with Gasteiger partial charge in [-0.25, -0.2) is 4.79 Å². The Bertz CT molecular complexity index is 819. The molecule has 1 aromatic rings. The molecule has 0 aromatic heterocycles. The molecule has 0 bridgehead atoms. The summed E-state index contributed by atoms with van der Waals surface area (Å²) in [5.74, 6) is 0.162. The van der Waals surface area contributed by atoms with E-state index in [9.17, 15) is 14.9 Å². The Labute approximate surface area is 200 Å². The van der Waals surface area contributed by atoms with Crippen molar-refractivity contribution in [1.82, 2.24) is 10.2 Å². The number of nitriles is 1. The van der Waals surface area contributed by atoms with Crippen molar-refractivity contribution < 1.29 is 23.8 Å². The highest BCUT2D eigenvalue weighted by Crippen LogP contribution is 2.28. The minimum Gasteiger partial charge on any atom is -0.436 e. The number of nitrogens with one attached hydrogen (secondary N) is 1. The van der Waals surface area contributed by atoms with Crippen LogP contribution in [0.1, 0.15) is 44.1 Å². The van der Waals surface area contributed by atoms with Gasteiger partial charge in [0.25, 0.3) is 5.91 Å². The molecule has 33 heavy (non-hydrogen) atoms. The van der Waals surface area contributed by atoms with Crippen LogP contribution in [0.5, 0.6) is 0 Å².